The molecule has 0 unspecified atom stereocenters. The van der Waals surface area contributed by atoms with E-state index < -0.39 is 6.09 Å². The number of carbonyl (C=O) groups is 2. The first-order chi connectivity index (χ1) is 7.24. The Balaban J connectivity index is 2.70. The zero-order valence-electron chi connectivity index (χ0n) is 7.77. The lowest BCUT2D eigenvalue weighted by Gasteiger charge is -1.94. The summed E-state index contributed by atoms with van der Waals surface area (Å²) in [7, 11) is 0. The molecule has 0 aliphatic carbocycles. The number of ether oxygens (including phenoxy) is 1. The molecule has 1 heterocycles. The zero-order chi connectivity index (χ0) is 11.1. The monoisotopic (exact) mass is 204 g/mol. The quantitative estimate of drug-likeness (QED) is 0.556. The first-order valence-corrected chi connectivity index (χ1v) is 4.04. The number of hydrogen-bond donors (Lipinski definition) is 1. The van der Waals surface area contributed by atoms with Crippen LogP contribution in [-0.2, 0) is 4.74 Å². The average Bonchev–Trinajstić information content (AvgIpc) is 2.24. The topological polar surface area (TPSA) is 82.3 Å². The van der Waals surface area contributed by atoms with Crippen molar-refractivity contribution in [3.8, 4) is 11.8 Å². The molecule has 2 N–H and O–H groups in total. The third kappa shape index (κ3) is 3.48. The number of amides is 1. The van der Waals surface area contributed by atoms with Gasteiger partial charge in [0.2, 0.25) is 0 Å². The summed E-state index contributed by atoms with van der Waals surface area (Å²) >= 11 is 0. The molecular weight excluding hydrogens is 196 g/mol. The van der Waals surface area contributed by atoms with Gasteiger partial charge in [0.1, 0.15) is 0 Å². The van der Waals surface area contributed by atoms with E-state index in [1.54, 1.807) is 6.07 Å². The number of pyridine rings is 1. The molecule has 0 atom stereocenters. The molecule has 1 rings (SSSR count). The van der Waals surface area contributed by atoms with Crippen LogP contribution in [0, 0.1) is 11.8 Å². The van der Waals surface area contributed by atoms with Crippen molar-refractivity contribution in [1.82, 2.24) is 4.98 Å². The number of nitrogens with two attached hydrogens (primary N) is 1. The van der Waals surface area contributed by atoms with Gasteiger partial charge in [0.25, 0.3) is 0 Å². The van der Waals surface area contributed by atoms with Crippen LogP contribution in [0.5, 0.6) is 0 Å². The number of aldehydes is 1. The Kier molecular flexibility index (Phi) is 3.86. The fourth-order valence-corrected chi connectivity index (χ4v) is 0.851. The first kappa shape index (κ1) is 10.7. The molecule has 5 nitrogen and oxygen atoms in total. The highest BCUT2D eigenvalue weighted by atomic mass is 16.5. The molecule has 15 heavy (non-hydrogen) atoms. The van der Waals surface area contributed by atoms with Crippen LogP contribution in [0.2, 0.25) is 0 Å². The minimum atomic E-state index is -0.883. The summed E-state index contributed by atoms with van der Waals surface area (Å²) in [6.07, 6.45) is 2.75. The predicted octanol–water partition coefficient (Wildman–Crippen LogP) is 0.341. The molecule has 0 aromatic carbocycles. The van der Waals surface area contributed by atoms with Crippen molar-refractivity contribution in [1.29, 1.82) is 0 Å². The third-order valence-corrected chi connectivity index (χ3v) is 1.49. The van der Waals surface area contributed by atoms with Crippen LogP contribution in [0.1, 0.15) is 15.9 Å². The maximum Gasteiger partial charge on any atom is 0.405 e. The number of hydrogen-bond acceptors (Lipinski definition) is 4. The lowest BCUT2D eigenvalue weighted by molar-refractivity contribution is 0.112. The van der Waals surface area contributed by atoms with Crippen LogP contribution >= 0.6 is 0 Å². The molecule has 1 amide bonds. The zero-order valence-corrected chi connectivity index (χ0v) is 7.77. The van der Waals surface area contributed by atoms with Crippen LogP contribution < -0.4 is 5.73 Å². The van der Waals surface area contributed by atoms with Gasteiger partial charge in [-0.2, -0.15) is 0 Å². The van der Waals surface area contributed by atoms with E-state index in [-0.39, 0.29) is 6.61 Å². The summed E-state index contributed by atoms with van der Waals surface area (Å²) in [5.74, 6) is 5.18. The molecule has 0 fully saturated rings. The summed E-state index contributed by atoms with van der Waals surface area (Å²) in [6.45, 7) is -0.109. The first-order valence-electron chi connectivity index (χ1n) is 4.04. The Morgan fingerprint density at radius 1 is 1.67 bits per heavy atom. The summed E-state index contributed by atoms with van der Waals surface area (Å²) in [6, 6.07) is 1.55. The Hall–Kier alpha value is -2.35. The van der Waals surface area contributed by atoms with Gasteiger partial charge in [0.05, 0.1) is 5.56 Å². The van der Waals surface area contributed by atoms with Gasteiger partial charge < -0.3 is 10.5 Å². The van der Waals surface area contributed by atoms with E-state index in [0.29, 0.717) is 17.4 Å². The Bertz CT molecular complexity index is 432. The number of nitrogens with zero attached hydrogens (tertiary/aromatic N) is 1. The highest BCUT2D eigenvalue weighted by molar-refractivity contribution is 5.78. The predicted molar refractivity (Wildman–Crippen MR) is 52.0 cm³/mol. The SMILES string of the molecule is NC(=O)OCC#Cc1cnccc1C=O. The molecule has 5 heteroatoms. The second kappa shape index (κ2) is 5.40. The molecule has 1 aromatic rings. The number of aromatic nitrogens is 1. The fourth-order valence-electron chi connectivity index (χ4n) is 0.851. The van der Waals surface area contributed by atoms with E-state index in [2.05, 4.69) is 21.6 Å². The van der Waals surface area contributed by atoms with Gasteiger partial charge in [-0.3, -0.25) is 9.78 Å². The molecule has 0 spiro atoms. The molecule has 0 radical (unpaired) electrons. The minimum Gasteiger partial charge on any atom is -0.437 e. The largest absolute Gasteiger partial charge is 0.437 e. The van der Waals surface area contributed by atoms with Crippen molar-refractivity contribution in [2.45, 2.75) is 0 Å². The second-order valence-electron chi connectivity index (χ2n) is 2.49. The molecule has 0 aliphatic heterocycles. The van der Waals surface area contributed by atoms with Crippen molar-refractivity contribution in [3.63, 3.8) is 0 Å². The number of carbonyl (C=O) groups excluding carboxylic acids is 2. The van der Waals surface area contributed by atoms with Gasteiger partial charge in [0, 0.05) is 18.0 Å². The second-order valence-corrected chi connectivity index (χ2v) is 2.49. The molecule has 0 saturated heterocycles. The van der Waals surface area contributed by atoms with Crippen LogP contribution in [0.3, 0.4) is 0 Å². The highest BCUT2D eigenvalue weighted by Gasteiger charge is 1.96. The molecule has 76 valence electrons. The van der Waals surface area contributed by atoms with Crippen LogP contribution in [-0.4, -0.2) is 24.0 Å². The van der Waals surface area contributed by atoms with E-state index in [1.165, 1.54) is 12.4 Å². The number of rotatable bonds is 2. The van der Waals surface area contributed by atoms with Gasteiger partial charge in [0.15, 0.2) is 12.9 Å². The number of primary amides is 1. The minimum absolute atomic E-state index is 0.109. The molecule has 0 saturated carbocycles. The van der Waals surface area contributed by atoms with Gasteiger partial charge in [-0.25, -0.2) is 4.79 Å². The molecular formula is C10H8N2O3. The lowest BCUT2D eigenvalue weighted by Crippen LogP contribution is -2.12. The van der Waals surface area contributed by atoms with Crippen molar-refractivity contribution in [2.75, 3.05) is 6.61 Å². The Labute approximate surface area is 86.3 Å². The molecule has 0 bridgehead atoms. The summed E-state index contributed by atoms with van der Waals surface area (Å²) in [4.78, 5) is 24.6. The van der Waals surface area contributed by atoms with Crippen LogP contribution in [0.4, 0.5) is 4.79 Å². The summed E-state index contributed by atoms with van der Waals surface area (Å²) in [5, 5.41) is 0. The summed E-state index contributed by atoms with van der Waals surface area (Å²) in [5.41, 5.74) is 5.66. The van der Waals surface area contributed by atoms with Crippen LogP contribution in [0.25, 0.3) is 0 Å². The van der Waals surface area contributed by atoms with Crippen molar-refractivity contribution >= 4 is 12.4 Å². The fraction of sp³-hybridized carbons (Fsp3) is 0.100. The summed E-state index contributed by atoms with van der Waals surface area (Å²) < 4.78 is 4.39. The van der Waals surface area contributed by atoms with E-state index in [9.17, 15) is 9.59 Å². The average molecular weight is 204 g/mol. The van der Waals surface area contributed by atoms with E-state index in [4.69, 9.17) is 5.73 Å². The smallest absolute Gasteiger partial charge is 0.405 e. The van der Waals surface area contributed by atoms with Gasteiger partial charge >= 0.3 is 6.09 Å². The van der Waals surface area contributed by atoms with Crippen molar-refractivity contribution in [3.05, 3.63) is 29.6 Å². The van der Waals surface area contributed by atoms with E-state index in [1.807, 2.05) is 0 Å². The molecule has 0 aliphatic rings. The normalized spacial score (nSPS) is 8.53. The van der Waals surface area contributed by atoms with Crippen molar-refractivity contribution < 1.29 is 14.3 Å². The van der Waals surface area contributed by atoms with Crippen LogP contribution in [0.15, 0.2) is 18.5 Å². The molecule has 1 aromatic heterocycles. The van der Waals surface area contributed by atoms with Crippen molar-refractivity contribution in [2.24, 2.45) is 5.73 Å². The maximum atomic E-state index is 10.6. The maximum absolute atomic E-state index is 10.6. The van der Waals surface area contributed by atoms with E-state index in [0.717, 1.165) is 0 Å². The third-order valence-electron chi connectivity index (χ3n) is 1.49. The standard InChI is InChI=1S/C10H8N2O3/c11-10(14)15-5-1-2-8-6-12-4-3-9(8)7-13/h3-4,6-7H,5H2,(H2,11,14). The van der Waals surface area contributed by atoms with Gasteiger partial charge in [-0.15, -0.1) is 0 Å². The Morgan fingerprint density at radius 2 is 2.47 bits per heavy atom. The van der Waals surface area contributed by atoms with E-state index >= 15 is 0 Å². The Morgan fingerprint density at radius 3 is 3.13 bits per heavy atom. The highest BCUT2D eigenvalue weighted by Crippen LogP contribution is 2.00. The lowest BCUT2D eigenvalue weighted by atomic mass is 10.2. The van der Waals surface area contributed by atoms with Gasteiger partial charge in [-0.05, 0) is 6.07 Å². The van der Waals surface area contributed by atoms with Gasteiger partial charge in [-0.1, -0.05) is 11.8 Å².